The molecule has 0 saturated carbocycles. The Balaban J connectivity index is 2.52. The third kappa shape index (κ3) is 2.36. The number of aromatic nitrogens is 1. The summed E-state index contributed by atoms with van der Waals surface area (Å²) in [5, 5.41) is 0.883. The highest BCUT2D eigenvalue weighted by Crippen LogP contribution is 2.31. The first kappa shape index (κ1) is 12.2. The maximum Gasteiger partial charge on any atom is 0.130 e. The van der Waals surface area contributed by atoms with E-state index in [0.717, 1.165) is 9.88 Å². The van der Waals surface area contributed by atoms with Crippen LogP contribution in [0.5, 0.6) is 0 Å². The van der Waals surface area contributed by atoms with E-state index in [-0.39, 0.29) is 11.5 Å². The van der Waals surface area contributed by atoms with Crippen LogP contribution in [-0.2, 0) is 0 Å². The summed E-state index contributed by atoms with van der Waals surface area (Å²) in [5.41, 5.74) is 0.699. The van der Waals surface area contributed by atoms with Crippen LogP contribution in [0.4, 0.5) is 8.78 Å². The first-order valence-electron chi connectivity index (χ1n) is 5.40. The van der Waals surface area contributed by atoms with Gasteiger partial charge in [0.05, 0.1) is 9.88 Å². The van der Waals surface area contributed by atoms with E-state index in [4.69, 9.17) is 0 Å². The molecule has 90 valence electrons. The van der Waals surface area contributed by atoms with Crippen LogP contribution < -0.4 is 0 Å². The molecule has 0 bridgehead atoms. The van der Waals surface area contributed by atoms with Gasteiger partial charge in [0.2, 0.25) is 0 Å². The van der Waals surface area contributed by atoms with Crippen molar-refractivity contribution >= 4 is 11.3 Å². The second-order valence-electron chi connectivity index (χ2n) is 4.25. The van der Waals surface area contributed by atoms with Crippen LogP contribution >= 0.6 is 11.3 Å². The van der Waals surface area contributed by atoms with Crippen molar-refractivity contribution < 1.29 is 8.78 Å². The van der Waals surface area contributed by atoms with E-state index in [0.29, 0.717) is 5.56 Å². The Morgan fingerprint density at radius 3 is 2.18 bits per heavy atom. The molecule has 0 aliphatic heterocycles. The SMILES string of the molecule is Cc1ncc(-c2cc(F)c(C(C)C)c(F)c2)s1. The lowest BCUT2D eigenvalue weighted by molar-refractivity contribution is 0.542. The van der Waals surface area contributed by atoms with E-state index in [9.17, 15) is 8.78 Å². The molecule has 0 amide bonds. The van der Waals surface area contributed by atoms with Crippen LogP contribution in [-0.4, -0.2) is 4.98 Å². The molecule has 0 atom stereocenters. The van der Waals surface area contributed by atoms with Crippen molar-refractivity contribution in [3.63, 3.8) is 0 Å². The third-order valence-corrected chi connectivity index (χ3v) is 3.52. The average molecular weight is 253 g/mol. The number of aryl methyl sites for hydroxylation is 1. The molecule has 0 saturated heterocycles. The molecular formula is C13H13F2NS. The number of thiazole rings is 1. The van der Waals surface area contributed by atoms with Crippen LogP contribution in [0.3, 0.4) is 0 Å². The summed E-state index contributed by atoms with van der Waals surface area (Å²) in [5.74, 6) is -1.13. The Kier molecular flexibility index (Phi) is 3.24. The van der Waals surface area contributed by atoms with Gasteiger partial charge in [0, 0.05) is 11.8 Å². The Hall–Kier alpha value is -1.29. The lowest BCUT2D eigenvalue weighted by Gasteiger charge is -2.09. The largest absolute Gasteiger partial charge is 0.249 e. The quantitative estimate of drug-likeness (QED) is 0.766. The van der Waals surface area contributed by atoms with Gasteiger partial charge in [-0.1, -0.05) is 13.8 Å². The summed E-state index contributed by atoms with van der Waals surface area (Å²) in [4.78, 5) is 4.87. The predicted molar refractivity (Wildman–Crippen MR) is 66.3 cm³/mol. The Bertz CT molecular complexity index is 523. The molecular weight excluding hydrogens is 240 g/mol. The topological polar surface area (TPSA) is 12.9 Å². The zero-order valence-corrected chi connectivity index (χ0v) is 10.7. The summed E-state index contributed by atoms with van der Waals surface area (Å²) in [6.45, 7) is 5.42. The predicted octanol–water partition coefficient (Wildman–Crippen LogP) is 4.52. The van der Waals surface area contributed by atoms with Gasteiger partial charge in [-0.3, -0.25) is 0 Å². The second-order valence-corrected chi connectivity index (χ2v) is 5.49. The monoisotopic (exact) mass is 253 g/mol. The van der Waals surface area contributed by atoms with Crippen LogP contribution in [0.25, 0.3) is 10.4 Å². The van der Waals surface area contributed by atoms with Crippen molar-refractivity contribution in [1.29, 1.82) is 0 Å². The molecule has 1 heterocycles. The number of nitrogens with zero attached hydrogens (tertiary/aromatic N) is 1. The van der Waals surface area contributed by atoms with Crippen LogP contribution in [0.1, 0.15) is 30.3 Å². The van der Waals surface area contributed by atoms with Crippen molar-refractivity contribution in [2.75, 3.05) is 0 Å². The zero-order valence-electron chi connectivity index (χ0n) is 9.92. The molecule has 0 aliphatic rings. The smallest absolute Gasteiger partial charge is 0.130 e. The molecule has 1 aromatic heterocycles. The normalized spacial score (nSPS) is 11.2. The van der Waals surface area contributed by atoms with Gasteiger partial charge in [0.15, 0.2) is 0 Å². The molecule has 0 radical (unpaired) electrons. The van der Waals surface area contributed by atoms with Gasteiger partial charge in [0.25, 0.3) is 0 Å². The molecule has 0 unspecified atom stereocenters. The molecule has 2 rings (SSSR count). The standard InChI is InChI=1S/C13H13F2NS/c1-7(2)13-10(14)4-9(5-11(13)15)12-6-16-8(3)17-12/h4-7H,1-3H3. The fraction of sp³-hybridized carbons (Fsp3) is 0.308. The summed E-state index contributed by atoms with van der Waals surface area (Å²) < 4.78 is 27.6. The number of hydrogen-bond donors (Lipinski definition) is 0. The van der Waals surface area contributed by atoms with E-state index in [2.05, 4.69) is 4.98 Å². The van der Waals surface area contributed by atoms with Crippen molar-refractivity contribution in [3.05, 3.63) is 40.5 Å². The fourth-order valence-electron chi connectivity index (χ4n) is 1.77. The van der Waals surface area contributed by atoms with Gasteiger partial charge in [-0.25, -0.2) is 13.8 Å². The number of halogens is 2. The van der Waals surface area contributed by atoms with E-state index >= 15 is 0 Å². The highest BCUT2D eigenvalue weighted by atomic mass is 32.1. The minimum Gasteiger partial charge on any atom is -0.249 e. The van der Waals surface area contributed by atoms with Crippen molar-refractivity contribution in [2.24, 2.45) is 0 Å². The highest BCUT2D eigenvalue weighted by molar-refractivity contribution is 7.15. The Labute approximate surface area is 103 Å². The molecule has 4 heteroatoms. The number of hydrogen-bond acceptors (Lipinski definition) is 2. The van der Waals surface area contributed by atoms with Gasteiger partial charge in [-0.2, -0.15) is 0 Å². The van der Waals surface area contributed by atoms with E-state index in [1.54, 1.807) is 20.0 Å². The van der Waals surface area contributed by atoms with Gasteiger partial charge in [-0.15, -0.1) is 11.3 Å². The highest BCUT2D eigenvalue weighted by Gasteiger charge is 2.15. The number of rotatable bonds is 2. The molecule has 1 nitrogen and oxygen atoms in total. The zero-order chi connectivity index (χ0) is 12.6. The van der Waals surface area contributed by atoms with Crippen molar-refractivity contribution in [1.82, 2.24) is 4.98 Å². The molecule has 2 aromatic rings. The molecule has 17 heavy (non-hydrogen) atoms. The Morgan fingerprint density at radius 1 is 1.18 bits per heavy atom. The minimum atomic E-state index is -0.485. The van der Waals surface area contributed by atoms with Gasteiger partial charge in [-0.05, 0) is 30.5 Å². The second kappa shape index (κ2) is 4.53. The molecule has 0 aliphatic carbocycles. The van der Waals surface area contributed by atoms with Crippen molar-refractivity contribution in [3.8, 4) is 10.4 Å². The first-order valence-corrected chi connectivity index (χ1v) is 6.22. The van der Waals surface area contributed by atoms with E-state index < -0.39 is 11.6 Å². The first-order chi connectivity index (χ1) is 7.99. The summed E-state index contributed by atoms with van der Waals surface area (Å²) in [6.07, 6.45) is 1.64. The molecule has 1 aromatic carbocycles. The minimum absolute atomic E-state index is 0.148. The number of benzene rings is 1. The third-order valence-electron chi connectivity index (χ3n) is 2.56. The lowest BCUT2D eigenvalue weighted by atomic mass is 10.00. The Morgan fingerprint density at radius 2 is 1.76 bits per heavy atom. The van der Waals surface area contributed by atoms with Crippen molar-refractivity contribution in [2.45, 2.75) is 26.7 Å². The van der Waals surface area contributed by atoms with Gasteiger partial charge >= 0.3 is 0 Å². The van der Waals surface area contributed by atoms with Gasteiger partial charge in [0.1, 0.15) is 11.6 Å². The fourth-order valence-corrected chi connectivity index (χ4v) is 2.54. The van der Waals surface area contributed by atoms with Crippen LogP contribution in [0, 0.1) is 18.6 Å². The maximum absolute atomic E-state index is 13.8. The summed E-state index contributed by atoms with van der Waals surface area (Å²) in [6, 6.07) is 2.76. The lowest BCUT2D eigenvalue weighted by Crippen LogP contribution is -1.98. The average Bonchev–Trinajstić information content (AvgIpc) is 2.63. The van der Waals surface area contributed by atoms with E-state index in [1.807, 2.05) is 6.92 Å². The van der Waals surface area contributed by atoms with Crippen LogP contribution in [0.2, 0.25) is 0 Å². The summed E-state index contributed by atoms with van der Waals surface area (Å²) >= 11 is 1.43. The van der Waals surface area contributed by atoms with E-state index in [1.165, 1.54) is 23.5 Å². The molecule has 0 spiro atoms. The maximum atomic E-state index is 13.8. The van der Waals surface area contributed by atoms with Crippen LogP contribution in [0.15, 0.2) is 18.3 Å². The summed E-state index contributed by atoms with van der Waals surface area (Å²) in [7, 11) is 0. The molecule has 0 N–H and O–H groups in total. The molecule has 0 fully saturated rings. The van der Waals surface area contributed by atoms with Gasteiger partial charge < -0.3 is 0 Å².